The number of hydrogen-bond donors (Lipinski definition) is 1. The van der Waals surface area contributed by atoms with Crippen LogP contribution in [0.3, 0.4) is 0 Å². The van der Waals surface area contributed by atoms with Crippen LogP contribution in [0.4, 0.5) is 18.0 Å². The van der Waals surface area contributed by atoms with Gasteiger partial charge >= 0.3 is 18.2 Å². The minimum absolute atomic E-state index is 0.00998. The van der Waals surface area contributed by atoms with Crippen LogP contribution in [0.2, 0.25) is 0 Å². The first-order chi connectivity index (χ1) is 20.6. The maximum absolute atomic E-state index is 14.0. The molecule has 3 unspecified atom stereocenters. The predicted octanol–water partition coefficient (Wildman–Crippen LogP) is 5.89. The van der Waals surface area contributed by atoms with Crippen molar-refractivity contribution in [3.8, 4) is 0 Å². The molecule has 0 radical (unpaired) electrons. The molecule has 1 aliphatic carbocycles. The first-order valence-electron chi connectivity index (χ1n) is 16.0. The number of nitrogens with one attached hydrogen (secondary N) is 1. The van der Waals surface area contributed by atoms with Gasteiger partial charge in [0.1, 0.15) is 29.5 Å². The quantitative estimate of drug-likeness (QED) is 0.229. The van der Waals surface area contributed by atoms with Gasteiger partial charge in [0.2, 0.25) is 5.91 Å². The number of fused-ring (bicyclic) bond motifs is 1. The normalized spacial score (nSPS) is 29.6. The second-order valence-corrected chi connectivity index (χ2v) is 15.2. The average Bonchev–Trinajstić information content (AvgIpc) is 3.21. The first kappa shape index (κ1) is 34.8. The van der Waals surface area contributed by atoms with E-state index in [4.69, 9.17) is 9.47 Å². The monoisotopic (exact) mass is 639 g/mol. The zero-order chi connectivity index (χ0) is 33.8. The third-order valence-corrected chi connectivity index (χ3v) is 9.09. The van der Waals surface area contributed by atoms with E-state index in [9.17, 15) is 32.3 Å². The lowest BCUT2D eigenvalue weighted by atomic mass is 9.61. The number of amides is 3. The van der Waals surface area contributed by atoms with Crippen LogP contribution >= 0.6 is 0 Å². The summed E-state index contributed by atoms with van der Waals surface area (Å²) in [4.78, 5) is 56.0. The number of allylic oxidation sites excluding steroid dienone is 2. The summed E-state index contributed by atoms with van der Waals surface area (Å²) in [5.74, 6) is -2.16. The summed E-state index contributed by atoms with van der Waals surface area (Å²) in [6.07, 6.45) is -2.66. The maximum atomic E-state index is 14.0. The molecule has 0 spiro atoms. The number of rotatable bonds is 5. The molecule has 3 heterocycles. The SMILES string of the molecule is CC1CCC(C(C)C)C(C2=C(C(=O)OC(C)(C)C)N3C(=O)[C@@H](NC(=O)OC(C)(C)C)[C@H]3CC2)C1=C1CCN(CC(F)(F)F)C1=O. The van der Waals surface area contributed by atoms with Crippen LogP contribution in [0, 0.1) is 23.7 Å². The third kappa shape index (κ3) is 7.51. The number of carbonyl (C=O) groups is 4. The predicted molar refractivity (Wildman–Crippen MR) is 160 cm³/mol. The molecule has 4 rings (SSSR count). The van der Waals surface area contributed by atoms with Crippen molar-refractivity contribution in [1.29, 1.82) is 0 Å². The van der Waals surface area contributed by atoms with E-state index in [1.807, 2.05) is 6.92 Å². The number of alkyl halides is 3. The smallest absolute Gasteiger partial charge is 0.408 e. The van der Waals surface area contributed by atoms with Gasteiger partial charge in [-0.05, 0) is 97.0 Å². The largest absolute Gasteiger partial charge is 0.455 e. The fourth-order valence-corrected chi connectivity index (χ4v) is 7.38. The molecule has 1 N–H and O–H groups in total. The van der Waals surface area contributed by atoms with Crippen molar-refractivity contribution in [3.63, 3.8) is 0 Å². The van der Waals surface area contributed by atoms with E-state index in [2.05, 4.69) is 19.2 Å². The number of nitrogens with zero attached hydrogens (tertiary/aromatic N) is 2. The molecule has 12 heteroatoms. The van der Waals surface area contributed by atoms with E-state index in [0.717, 1.165) is 23.3 Å². The molecular weight excluding hydrogens is 591 g/mol. The Kier molecular flexibility index (Phi) is 9.50. The Morgan fingerprint density at radius 3 is 2.13 bits per heavy atom. The molecule has 1 saturated carbocycles. The van der Waals surface area contributed by atoms with Gasteiger partial charge in [-0.2, -0.15) is 13.2 Å². The number of alkyl carbamates (subject to hydrolysis) is 1. The summed E-state index contributed by atoms with van der Waals surface area (Å²) in [5, 5.41) is 2.66. The van der Waals surface area contributed by atoms with Gasteiger partial charge in [0.15, 0.2) is 0 Å². The lowest BCUT2D eigenvalue weighted by Crippen LogP contribution is -2.72. The topological polar surface area (TPSA) is 105 Å². The first-order valence-corrected chi connectivity index (χ1v) is 16.0. The van der Waals surface area contributed by atoms with Gasteiger partial charge in [-0.1, -0.05) is 26.3 Å². The molecule has 3 fully saturated rings. The highest BCUT2D eigenvalue weighted by Crippen LogP contribution is 2.52. The van der Waals surface area contributed by atoms with Crippen molar-refractivity contribution in [1.82, 2.24) is 15.1 Å². The molecular formula is C33H48F3N3O6. The molecule has 2 saturated heterocycles. The fraction of sp³-hybridized carbons (Fsp3) is 0.758. The summed E-state index contributed by atoms with van der Waals surface area (Å²) in [6.45, 7) is 15.1. The van der Waals surface area contributed by atoms with Crippen LogP contribution in [0.5, 0.6) is 0 Å². The molecule has 3 amide bonds. The van der Waals surface area contributed by atoms with Crippen molar-refractivity contribution >= 4 is 23.9 Å². The van der Waals surface area contributed by atoms with Gasteiger partial charge < -0.3 is 19.7 Å². The van der Waals surface area contributed by atoms with Gasteiger partial charge in [0.05, 0.1) is 6.04 Å². The maximum Gasteiger partial charge on any atom is 0.408 e. The number of hydrogen-bond acceptors (Lipinski definition) is 6. The Bertz CT molecular complexity index is 1290. The van der Waals surface area contributed by atoms with E-state index >= 15 is 0 Å². The van der Waals surface area contributed by atoms with Crippen LogP contribution in [0.1, 0.15) is 94.4 Å². The Labute approximate surface area is 263 Å². The van der Waals surface area contributed by atoms with Crippen LogP contribution in [0.15, 0.2) is 22.4 Å². The Hall–Kier alpha value is -3.05. The van der Waals surface area contributed by atoms with Gasteiger partial charge in [0, 0.05) is 18.0 Å². The third-order valence-electron chi connectivity index (χ3n) is 9.09. The zero-order valence-electron chi connectivity index (χ0n) is 27.9. The molecule has 0 aromatic rings. The average molecular weight is 640 g/mol. The van der Waals surface area contributed by atoms with Crippen molar-refractivity contribution < 1.29 is 41.8 Å². The molecule has 4 aliphatic rings. The van der Waals surface area contributed by atoms with Gasteiger partial charge in [0.25, 0.3) is 5.91 Å². The number of ether oxygens (including phenoxy) is 2. The van der Waals surface area contributed by atoms with E-state index in [1.165, 1.54) is 4.90 Å². The summed E-state index contributed by atoms with van der Waals surface area (Å²) in [7, 11) is 0. The molecule has 9 nitrogen and oxygen atoms in total. The molecule has 0 bridgehead atoms. The van der Waals surface area contributed by atoms with E-state index in [-0.39, 0.29) is 36.4 Å². The summed E-state index contributed by atoms with van der Waals surface area (Å²) in [5.41, 5.74) is 0.328. The van der Waals surface area contributed by atoms with Gasteiger partial charge in [-0.3, -0.25) is 14.5 Å². The fourth-order valence-electron chi connectivity index (χ4n) is 7.38. The van der Waals surface area contributed by atoms with Crippen LogP contribution < -0.4 is 5.32 Å². The number of β-lactam (4-membered cyclic amide) rings is 1. The Balaban J connectivity index is 1.82. The number of esters is 1. The van der Waals surface area contributed by atoms with Crippen molar-refractivity contribution in [2.75, 3.05) is 13.1 Å². The molecule has 3 aliphatic heterocycles. The molecule has 0 aromatic heterocycles. The van der Waals surface area contributed by atoms with E-state index < -0.39 is 65.8 Å². The summed E-state index contributed by atoms with van der Waals surface area (Å²) >= 11 is 0. The number of halogens is 3. The lowest BCUT2D eigenvalue weighted by Gasteiger charge is -2.53. The minimum Gasteiger partial charge on any atom is -0.455 e. The van der Waals surface area contributed by atoms with Crippen molar-refractivity contribution in [2.45, 2.75) is 124 Å². The second-order valence-electron chi connectivity index (χ2n) is 15.2. The van der Waals surface area contributed by atoms with E-state index in [0.29, 0.717) is 24.0 Å². The molecule has 45 heavy (non-hydrogen) atoms. The summed E-state index contributed by atoms with van der Waals surface area (Å²) < 4.78 is 51.1. The van der Waals surface area contributed by atoms with Gasteiger partial charge in [-0.25, -0.2) is 9.59 Å². The highest BCUT2D eigenvalue weighted by Gasteiger charge is 2.56. The van der Waals surface area contributed by atoms with Crippen molar-refractivity contribution in [3.05, 3.63) is 22.4 Å². The molecule has 0 aromatic carbocycles. The lowest BCUT2D eigenvalue weighted by molar-refractivity contribution is -0.162. The second kappa shape index (κ2) is 12.3. The highest BCUT2D eigenvalue weighted by molar-refractivity contribution is 6.02. The number of carbonyl (C=O) groups excluding carboxylic acids is 4. The van der Waals surface area contributed by atoms with Crippen LogP contribution in [0.25, 0.3) is 0 Å². The van der Waals surface area contributed by atoms with Crippen LogP contribution in [-0.4, -0.2) is 76.2 Å². The van der Waals surface area contributed by atoms with Crippen LogP contribution in [-0.2, 0) is 23.9 Å². The van der Waals surface area contributed by atoms with E-state index in [1.54, 1.807) is 41.5 Å². The standard InChI is InChI=1S/C33H48F3N3O6/c1-17(2)19-11-10-18(3)23(21-14-15-38(27(21)40)16-33(34,35)36)24(19)20-12-13-22-25(37-30(43)45-32(7,8)9)28(41)39(22)26(20)29(42)44-31(4,5)6/h17-19,22,24-25H,10-16H2,1-9H3,(H,37,43)/t18?,19?,22-,24?,25+/m1/s1. The molecule has 5 atom stereocenters. The van der Waals surface area contributed by atoms with Crippen molar-refractivity contribution in [2.24, 2.45) is 23.7 Å². The highest BCUT2D eigenvalue weighted by atomic mass is 19.4. The minimum atomic E-state index is -4.51. The Morgan fingerprint density at radius 2 is 1.58 bits per heavy atom. The summed E-state index contributed by atoms with van der Waals surface area (Å²) in [6, 6.07) is -1.38. The molecule has 252 valence electrons. The number of likely N-dealkylation sites (tertiary alicyclic amines) is 1. The Morgan fingerprint density at radius 1 is 0.956 bits per heavy atom. The van der Waals surface area contributed by atoms with Gasteiger partial charge in [-0.15, -0.1) is 0 Å². The zero-order valence-corrected chi connectivity index (χ0v) is 27.9.